The quantitative estimate of drug-likeness (QED) is 0.326. The van der Waals surface area contributed by atoms with Crippen LogP contribution in [0.25, 0.3) is 0 Å². The second-order valence-corrected chi connectivity index (χ2v) is 5.51. The zero-order valence-electron chi connectivity index (χ0n) is 14.9. The summed E-state index contributed by atoms with van der Waals surface area (Å²) in [5.74, 6) is -2.82. The first-order chi connectivity index (χ1) is 13.7. The summed E-state index contributed by atoms with van der Waals surface area (Å²) in [6, 6.07) is 1.41. The van der Waals surface area contributed by atoms with E-state index in [9.17, 15) is 29.8 Å². The highest BCUT2D eigenvalue weighted by molar-refractivity contribution is 6.25. The average Bonchev–Trinajstić information content (AvgIpc) is 3.25. The maximum Gasteiger partial charge on any atom is 0.320 e. The first-order valence-electron chi connectivity index (χ1n) is 7.72. The third-order valence-electron chi connectivity index (χ3n) is 3.80. The second kappa shape index (κ2) is 7.22. The van der Waals surface area contributed by atoms with Crippen molar-refractivity contribution >= 4 is 29.1 Å². The van der Waals surface area contributed by atoms with E-state index >= 15 is 0 Å². The number of anilines is 1. The number of hydrogen-bond acceptors (Lipinski definition) is 10. The van der Waals surface area contributed by atoms with Gasteiger partial charge in [0.2, 0.25) is 17.3 Å². The van der Waals surface area contributed by atoms with Gasteiger partial charge in [-0.25, -0.2) is 14.9 Å². The van der Waals surface area contributed by atoms with Crippen molar-refractivity contribution in [3.63, 3.8) is 0 Å². The lowest BCUT2D eigenvalue weighted by Gasteiger charge is -2.18. The summed E-state index contributed by atoms with van der Waals surface area (Å²) in [6.45, 7) is 0. The van der Waals surface area contributed by atoms with Crippen LogP contribution in [0, 0.1) is 20.2 Å². The molecule has 3 aromatic rings. The molecule has 0 aliphatic carbocycles. The first kappa shape index (κ1) is 19.2. The predicted molar refractivity (Wildman–Crippen MR) is 92.9 cm³/mol. The van der Waals surface area contributed by atoms with Crippen molar-refractivity contribution < 1.29 is 19.4 Å². The van der Waals surface area contributed by atoms with E-state index in [-0.39, 0.29) is 0 Å². The fourth-order valence-corrected chi connectivity index (χ4v) is 2.51. The van der Waals surface area contributed by atoms with Gasteiger partial charge in [-0.15, -0.1) is 0 Å². The molecule has 0 aliphatic rings. The number of carbonyl (C=O) groups is 2. The van der Waals surface area contributed by atoms with Gasteiger partial charge in [-0.3, -0.25) is 39.2 Å². The Hall–Kier alpha value is -4.56. The number of nitro groups is 2. The molecular weight excluding hydrogens is 390 g/mol. The molecule has 0 atom stereocenters. The van der Waals surface area contributed by atoms with Gasteiger partial charge in [0, 0.05) is 26.5 Å². The molecule has 0 aliphatic heterocycles. The summed E-state index contributed by atoms with van der Waals surface area (Å²) in [6.07, 6.45) is 4.14. The Kier molecular flexibility index (Phi) is 4.78. The number of imide groups is 1. The monoisotopic (exact) mass is 401 g/mol. The van der Waals surface area contributed by atoms with E-state index in [1.54, 1.807) is 0 Å². The third kappa shape index (κ3) is 3.27. The van der Waals surface area contributed by atoms with Gasteiger partial charge in [-0.2, -0.15) is 10.2 Å². The summed E-state index contributed by atoms with van der Waals surface area (Å²) in [5.41, 5.74) is -2.40. The van der Waals surface area contributed by atoms with E-state index in [1.165, 1.54) is 32.6 Å². The minimum absolute atomic E-state index is 0.397. The molecule has 3 heterocycles. The Morgan fingerprint density at radius 1 is 0.897 bits per heavy atom. The van der Waals surface area contributed by atoms with Gasteiger partial charge < -0.3 is 0 Å². The lowest BCUT2D eigenvalue weighted by Crippen LogP contribution is -2.40. The van der Waals surface area contributed by atoms with Crippen molar-refractivity contribution in [1.82, 2.24) is 29.5 Å². The molecular formula is C14H11N9O6. The molecule has 15 nitrogen and oxygen atoms in total. The summed E-state index contributed by atoms with van der Waals surface area (Å²) < 4.78 is 1.81. The molecule has 0 fully saturated rings. The fraction of sp³-hybridized carbons (Fsp3) is 0.143. The molecule has 148 valence electrons. The largest absolute Gasteiger partial charge is 0.320 e. The Morgan fingerprint density at radius 2 is 1.31 bits per heavy atom. The van der Waals surface area contributed by atoms with Crippen molar-refractivity contribution in [1.29, 1.82) is 0 Å². The van der Waals surface area contributed by atoms with Crippen LogP contribution in [0.2, 0.25) is 0 Å². The number of amides is 2. The number of nitrogens with zero attached hydrogens (tertiary/aromatic N) is 9. The molecule has 3 rings (SSSR count). The van der Waals surface area contributed by atoms with Crippen LogP contribution in [0.15, 0.2) is 30.9 Å². The maximum absolute atomic E-state index is 13.1. The Bertz CT molecular complexity index is 1070. The number of rotatable bonds is 5. The topological polar surface area (TPSA) is 185 Å². The summed E-state index contributed by atoms with van der Waals surface area (Å²) in [7, 11) is 2.53. The summed E-state index contributed by atoms with van der Waals surface area (Å²) in [5, 5.41) is 29.9. The van der Waals surface area contributed by atoms with E-state index in [2.05, 4.69) is 20.2 Å². The number of aromatic nitrogens is 6. The highest BCUT2D eigenvalue weighted by atomic mass is 16.6. The zero-order valence-corrected chi connectivity index (χ0v) is 14.9. The van der Waals surface area contributed by atoms with Crippen molar-refractivity contribution in [2.75, 3.05) is 4.90 Å². The van der Waals surface area contributed by atoms with Crippen molar-refractivity contribution in [2.24, 2.45) is 14.1 Å². The predicted octanol–water partition coefficient (Wildman–Crippen LogP) is 0.247. The number of hydrogen-bond donors (Lipinski definition) is 0. The van der Waals surface area contributed by atoms with Gasteiger partial charge in [0.15, 0.2) is 0 Å². The van der Waals surface area contributed by atoms with Crippen molar-refractivity contribution in [2.45, 2.75) is 0 Å². The molecule has 0 saturated heterocycles. The normalized spacial score (nSPS) is 10.6. The second-order valence-electron chi connectivity index (χ2n) is 5.51. The zero-order chi connectivity index (χ0) is 21.3. The number of aryl methyl sites for hydroxylation is 2. The molecule has 3 aromatic heterocycles. The molecule has 2 amide bonds. The third-order valence-corrected chi connectivity index (χ3v) is 3.80. The van der Waals surface area contributed by atoms with E-state index in [0.29, 0.717) is 4.90 Å². The van der Waals surface area contributed by atoms with Crippen molar-refractivity contribution in [3.05, 3.63) is 62.5 Å². The molecule has 0 spiro atoms. The summed E-state index contributed by atoms with van der Waals surface area (Å²) >= 11 is 0. The van der Waals surface area contributed by atoms with Crippen LogP contribution < -0.4 is 4.90 Å². The molecule has 0 aromatic carbocycles. The molecule has 15 heteroatoms. The molecule has 0 saturated carbocycles. The molecule has 0 unspecified atom stereocenters. The van der Waals surface area contributed by atoms with E-state index in [1.807, 2.05) is 0 Å². The highest BCUT2D eigenvalue weighted by Crippen LogP contribution is 2.25. The van der Waals surface area contributed by atoms with Crippen LogP contribution in [-0.2, 0) is 14.1 Å². The SMILES string of the molecule is Cn1ncc([N+](=O)[O-])c1C(=O)N(C(=O)c1c([N+](=O)[O-])cnn1C)c1ncccn1. The molecule has 0 bridgehead atoms. The smallest absolute Gasteiger partial charge is 0.266 e. The van der Waals surface area contributed by atoms with Crippen LogP contribution in [0.4, 0.5) is 17.3 Å². The van der Waals surface area contributed by atoms with E-state index < -0.39 is 50.4 Å². The van der Waals surface area contributed by atoms with Crippen molar-refractivity contribution in [3.8, 4) is 0 Å². The lowest BCUT2D eigenvalue weighted by molar-refractivity contribution is -0.385. The van der Waals surface area contributed by atoms with Gasteiger partial charge in [0.05, 0.1) is 9.85 Å². The maximum atomic E-state index is 13.1. The molecule has 0 radical (unpaired) electrons. The Morgan fingerprint density at radius 3 is 1.69 bits per heavy atom. The van der Waals surface area contributed by atoms with Crippen LogP contribution in [0.5, 0.6) is 0 Å². The molecule has 0 N–H and O–H groups in total. The minimum atomic E-state index is -1.19. The standard InChI is InChI=1S/C14H11N9O6/c1-19-10(8(6-17-19)22(26)27)12(24)21(14-15-4-3-5-16-14)13(25)11-9(23(28)29)7-18-20(11)2/h3-7H,1-2H3. The average molecular weight is 401 g/mol. The van der Waals surface area contributed by atoms with Gasteiger partial charge in [-0.05, 0) is 6.07 Å². The first-order valence-corrected chi connectivity index (χ1v) is 7.72. The van der Waals surface area contributed by atoms with Gasteiger partial charge in [0.1, 0.15) is 12.4 Å². The van der Waals surface area contributed by atoms with Gasteiger partial charge in [0.25, 0.3) is 11.8 Å². The van der Waals surface area contributed by atoms with Gasteiger partial charge in [-0.1, -0.05) is 0 Å². The van der Waals surface area contributed by atoms with Crippen LogP contribution in [0.1, 0.15) is 21.0 Å². The Balaban J connectivity index is 2.20. The Labute approximate surface area is 160 Å². The lowest BCUT2D eigenvalue weighted by atomic mass is 10.2. The van der Waals surface area contributed by atoms with Crippen LogP contribution >= 0.6 is 0 Å². The van der Waals surface area contributed by atoms with Crippen LogP contribution in [-0.4, -0.2) is 51.2 Å². The minimum Gasteiger partial charge on any atom is -0.266 e. The highest BCUT2D eigenvalue weighted by Gasteiger charge is 2.39. The fourth-order valence-electron chi connectivity index (χ4n) is 2.51. The molecule has 29 heavy (non-hydrogen) atoms. The van der Waals surface area contributed by atoms with Crippen LogP contribution in [0.3, 0.4) is 0 Å². The number of carbonyl (C=O) groups excluding carboxylic acids is 2. The van der Waals surface area contributed by atoms with E-state index in [4.69, 9.17) is 0 Å². The van der Waals surface area contributed by atoms with Gasteiger partial charge >= 0.3 is 11.4 Å². The van der Waals surface area contributed by atoms with E-state index in [0.717, 1.165) is 21.8 Å². The summed E-state index contributed by atoms with van der Waals surface area (Å²) in [4.78, 5) is 55.1.